The van der Waals surface area contributed by atoms with Gasteiger partial charge in [0.05, 0.1) is 12.0 Å². The van der Waals surface area contributed by atoms with E-state index in [0.29, 0.717) is 24.3 Å². The van der Waals surface area contributed by atoms with Crippen molar-refractivity contribution in [3.63, 3.8) is 0 Å². The Morgan fingerprint density at radius 1 is 1.03 bits per heavy atom. The summed E-state index contributed by atoms with van der Waals surface area (Å²) in [5, 5.41) is 9.11. The maximum absolute atomic E-state index is 13.2. The highest BCUT2D eigenvalue weighted by molar-refractivity contribution is 5.94. The molecule has 2 atom stereocenters. The third kappa shape index (κ3) is 4.29. The van der Waals surface area contributed by atoms with Gasteiger partial charge in [-0.3, -0.25) is 9.59 Å². The molecule has 4 rings (SSSR count). The molecule has 1 aromatic rings. The first kappa shape index (κ1) is 20.2. The first-order valence-electron chi connectivity index (χ1n) is 10.9. The Hall–Kier alpha value is -2.04. The van der Waals surface area contributed by atoms with Crippen molar-refractivity contribution in [2.45, 2.75) is 77.9 Å². The van der Waals surface area contributed by atoms with E-state index in [4.69, 9.17) is 9.84 Å². The number of aliphatic carboxylic acids is 1. The molecule has 0 spiro atoms. The number of hydrogen-bond donors (Lipinski definition) is 1. The van der Waals surface area contributed by atoms with Crippen molar-refractivity contribution in [1.29, 1.82) is 0 Å². The Morgan fingerprint density at radius 3 is 2.31 bits per heavy atom. The smallest absolute Gasteiger partial charge is 0.306 e. The lowest BCUT2D eigenvalue weighted by atomic mass is 9.65. The number of hydrogen-bond acceptors (Lipinski definition) is 3. The van der Waals surface area contributed by atoms with Crippen molar-refractivity contribution < 1.29 is 19.4 Å². The number of likely N-dealkylation sites (tertiary alicyclic amines) is 1. The van der Waals surface area contributed by atoms with Gasteiger partial charge in [-0.2, -0.15) is 0 Å². The van der Waals surface area contributed by atoms with Gasteiger partial charge in [0.25, 0.3) is 5.91 Å². The average molecular weight is 400 g/mol. The van der Waals surface area contributed by atoms with Crippen LogP contribution in [0.2, 0.25) is 0 Å². The van der Waals surface area contributed by atoms with E-state index in [-0.39, 0.29) is 23.3 Å². The molecule has 2 bridgehead atoms. The highest BCUT2D eigenvalue weighted by Gasteiger charge is 2.51. The largest absolute Gasteiger partial charge is 0.490 e. The number of carbonyl (C=O) groups excluding carboxylic acids is 1. The van der Waals surface area contributed by atoms with Crippen molar-refractivity contribution in [1.82, 2.24) is 4.90 Å². The van der Waals surface area contributed by atoms with Crippen molar-refractivity contribution in [3.05, 3.63) is 29.8 Å². The maximum Gasteiger partial charge on any atom is 0.306 e. The molecule has 1 amide bonds. The van der Waals surface area contributed by atoms with Crippen LogP contribution in [0.5, 0.6) is 5.75 Å². The molecule has 3 aliphatic rings. The summed E-state index contributed by atoms with van der Waals surface area (Å²) in [4.78, 5) is 26.3. The molecule has 29 heavy (non-hydrogen) atoms. The number of rotatable bonds is 4. The van der Waals surface area contributed by atoms with Crippen molar-refractivity contribution in [3.8, 4) is 5.75 Å². The number of benzene rings is 1. The highest BCUT2D eigenvalue weighted by atomic mass is 16.5. The molecule has 1 aromatic carbocycles. The summed E-state index contributed by atoms with van der Waals surface area (Å²) in [5.74, 6) is -0.0462. The molecule has 1 N–H and O–H groups in total. The molecule has 2 saturated carbocycles. The molecule has 1 aliphatic heterocycles. The van der Waals surface area contributed by atoms with Gasteiger partial charge < -0.3 is 14.7 Å². The minimum Gasteiger partial charge on any atom is -0.490 e. The lowest BCUT2D eigenvalue weighted by Crippen LogP contribution is -2.37. The standard InChI is InChI=1S/C24H33NO4/c1-23(2)12-18-13-24(3,14-23)15-25(18)21(26)16-4-8-19(9-5-16)29-20-10-6-17(7-11-20)22(27)28/h4-5,8-9,17-18,20H,6-7,10-15H2,1-3H3,(H,27,28). The number of fused-ring (bicyclic) bond motifs is 2. The lowest BCUT2D eigenvalue weighted by Gasteiger charge is -2.39. The van der Waals surface area contributed by atoms with E-state index in [9.17, 15) is 9.59 Å². The minimum absolute atomic E-state index is 0.0622. The van der Waals surface area contributed by atoms with E-state index in [0.717, 1.165) is 43.5 Å². The number of carboxylic acid groups (broad SMARTS) is 1. The van der Waals surface area contributed by atoms with Gasteiger partial charge in [0.1, 0.15) is 5.75 Å². The molecular weight excluding hydrogens is 366 g/mol. The number of carboxylic acids is 1. The summed E-state index contributed by atoms with van der Waals surface area (Å²) in [6.07, 6.45) is 6.30. The summed E-state index contributed by atoms with van der Waals surface area (Å²) in [6, 6.07) is 7.85. The fraction of sp³-hybridized carbons (Fsp3) is 0.667. The van der Waals surface area contributed by atoms with Crippen LogP contribution in [0.4, 0.5) is 0 Å². The summed E-state index contributed by atoms with van der Waals surface area (Å²) in [5.41, 5.74) is 1.25. The fourth-order valence-corrected chi connectivity index (χ4v) is 6.16. The number of carbonyl (C=O) groups is 2. The second-order valence-corrected chi connectivity index (χ2v) is 10.6. The average Bonchev–Trinajstić information content (AvgIpc) is 2.91. The van der Waals surface area contributed by atoms with E-state index < -0.39 is 5.97 Å². The van der Waals surface area contributed by atoms with Gasteiger partial charge in [-0.05, 0) is 80.0 Å². The monoisotopic (exact) mass is 399 g/mol. The maximum atomic E-state index is 13.2. The van der Waals surface area contributed by atoms with Crippen LogP contribution in [-0.2, 0) is 4.79 Å². The van der Waals surface area contributed by atoms with Gasteiger partial charge in [-0.25, -0.2) is 0 Å². The molecule has 1 saturated heterocycles. The second kappa shape index (κ2) is 7.33. The van der Waals surface area contributed by atoms with Crippen molar-refractivity contribution in [2.75, 3.05) is 6.54 Å². The molecule has 3 fully saturated rings. The van der Waals surface area contributed by atoms with Gasteiger partial charge in [-0.1, -0.05) is 20.8 Å². The molecule has 158 valence electrons. The first-order valence-corrected chi connectivity index (χ1v) is 10.9. The molecule has 0 aromatic heterocycles. The number of ether oxygens (including phenoxy) is 1. The normalized spacial score (nSPS) is 33.3. The van der Waals surface area contributed by atoms with Gasteiger partial charge in [0, 0.05) is 18.2 Å². The van der Waals surface area contributed by atoms with E-state index in [1.54, 1.807) is 0 Å². The minimum atomic E-state index is -0.699. The molecule has 5 nitrogen and oxygen atoms in total. The summed E-state index contributed by atoms with van der Waals surface area (Å²) in [7, 11) is 0. The fourth-order valence-electron chi connectivity index (χ4n) is 6.16. The Bertz CT molecular complexity index is 779. The van der Waals surface area contributed by atoms with E-state index in [2.05, 4.69) is 25.7 Å². The SMILES string of the molecule is CC1(C)CC2CC(C)(CN2C(=O)c2ccc(OC3CCC(C(=O)O)CC3)cc2)C1. The van der Waals surface area contributed by atoms with Crippen LogP contribution in [0, 0.1) is 16.7 Å². The zero-order chi connectivity index (χ0) is 20.8. The predicted molar refractivity (Wildman–Crippen MR) is 111 cm³/mol. The third-order valence-corrected chi connectivity index (χ3v) is 7.10. The second-order valence-electron chi connectivity index (χ2n) is 10.6. The number of amides is 1. The molecule has 5 heteroatoms. The molecule has 1 heterocycles. The van der Waals surface area contributed by atoms with Crippen LogP contribution >= 0.6 is 0 Å². The predicted octanol–water partition coefficient (Wildman–Crippen LogP) is 4.75. The van der Waals surface area contributed by atoms with Crippen molar-refractivity contribution >= 4 is 11.9 Å². The summed E-state index contributed by atoms with van der Waals surface area (Å²) >= 11 is 0. The van der Waals surface area contributed by atoms with E-state index in [1.807, 2.05) is 24.3 Å². The van der Waals surface area contributed by atoms with Crippen LogP contribution in [0.3, 0.4) is 0 Å². The van der Waals surface area contributed by atoms with Crippen LogP contribution in [0.15, 0.2) is 24.3 Å². The van der Waals surface area contributed by atoms with Crippen LogP contribution in [0.1, 0.15) is 76.1 Å². The van der Waals surface area contributed by atoms with E-state index >= 15 is 0 Å². The van der Waals surface area contributed by atoms with Gasteiger partial charge in [-0.15, -0.1) is 0 Å². The van der Waals surface area contributed by atoms with E-state index in [1.165, 1.54) is 6.42 Å². The molecule has 2 aliphatic carbocycles. The third-order valence-electron chi connectivity index (χ3n) is 7.10. The quantitative estimate of drug-likeness (QED) is 0.793. The zero-order valence-electron chi connectivity index (χ0n) is 17.8. The van der Waals surface area contributed by atoms with Crippen LogP contribution in [-0.4, -0.2) is 40.6 Å². The Morgan fingerprint density at radius 2 is 1.69 bits per heavy atom. The molecular formula is C24H33NO4. The van der Waals surface area contributed by atoms with Gasteiger partial charge in [0.2, 0.25) is 0 Å². The summed E-state index contributed by atoms with van der Waals surface area (Å²) in [6.45, 7) is 7.82. The van der Waals surface area contributed by atoms with Crippen LogP contribution < -0.4 is 4.74 Å². The Labute approximate surface area is 173 Å². The Balaban J connectivity index is 1.37. The lowest BCUT2D eigenvalue weighted by molar-refractivity contribution is -0.143. The summed E-state index contributed by atoms with van der Waals surface area (Å²) < 4.78 is 6.04. The van der Waals surface area contributed by atoms with Gasteiger partial charge >= 0.3 is 5.97 Å². The Kier molecular flexibility index (Phi) is 5.12. The van der Waals surface area contributed by atoms with Gasteiger partial charge in [0.15, 0.2) is 0 Å². The highest BCUT2D eigenvalue weighted by Crippen LogP contribution is 2.52. The van der Waals surface area contributed by atoms with Crippen LogP contribution in [0.25, 0.3) is 0 Å². The molecule has 0 radical (unpaired) electrons. The molecule has 2 unspecified atom stereocenters. The zero-order valence-corrected chi connectivity index (χ0v) is 17.8. The van der Waals surface area contributed by atoms with Crippen molar-refractivity contribution in [2.24, 2.45) is 16.7 Å². The number of nitrogens with zero attached hydrogens (tertiary/aromatic N) is 1. The topological polar surface area (TPSA) is 66.8 Å². The first-order chi connectivity index (χ1) is 13.6.